The fourth-order valence-corrected chi connectivity index (χ4v) is 3.12. The van der Waals surface area contributed by atoms with Crippen molar-refractivity contribution in [1.82, 2.24) is 19.6 Å². The number of esters is 1. The second kappa shape index (κ2) is 8.75. The van der Waals surface area contributed by atoms with Crippen LogP contribution in [0.5, 0.6) is 0 Å². The maximum atomic E-state index is 12.4. The number of para-hydroxylation sites is 1. The zero-order valence-electron chi connectivity index (χ0n) is 15.6. The van der Waals surface area contributed by atoms with Gasteiger partial charge in [-0.1, -0.05) is 41.9 Å². The fourth-order valence-electron chi connectivity index (χ4n) is 3.00. The molecule has 0 aliphatic heterocycles. The number of hydrogen-bond acceptors (Lipinski definition) is 4. The Morgan fingerprint density at radius 1 is 1.03 bits per heavy atom. The highest BCUT2D eigenvalue weighted by Crippen LogP contribution is 2.26. The van der Waals surface area contributed by atoms with Gasteiger partial charge in [-0.25, -0.2) is 4.68 Å². The molecular weight excluding hydrogens is 388 g/mol. The maximum absolute atomic E-state index is 12.4. The molecule has 0 N–H and O–H groups in total. The normalized spacial score (nSPS) is 10.8. The molecule has 2 heterocycles. The molecule has 0 bridgehead atoms. The van der Waals surface area contributed by atoms with Gasteiger partial charge in [0.05, 0.1) is 24.3 Å². The molecule has 4 aromatic rings. The van der Waals surface area contributed by atoms with Crippen LogP contribution in [-0.4, -0.2) is 32.1 Å². The lowest BCUT2D eigenvalue weighted by Gasteiger charge is -2.05. The number of benzene rings is 2. The molecule has 146 valence electrons. The van der Waals surface area contributed by atoms with Crippen molar-refractivity contribution < 1.29 is 9.53 Å². The first-order chi connectivity index (χ1) is 14.2. The molecule has 0 saturated heterocycles. The van der Waals surface area contributed by atoms with Crippen LogP contribution in [0.4, 0.5) is 0 Å². The van der Waals surface area contributed by atoms with E-state index in [0.29, 0.717) is 11.6 Å². The van der Waals surface area contributed by atoms with Gasteiger partial charge in [0.25, 0.3) is 0 Å². The van der Waals surface area contributed by atoms with Crippen LogP contribution in [0.15, 0.2) is 79.3 Å². The molecule has 7 heteroatoms. The van der Waals surface area contributed by atoms with Crippen LogP contribution in [0.2, 0.25) is 5.02 Å². The smallest absolute Gasteiger partial charge is 0.310 e. The molecule has 0 radical (unpaired) electrons. The summed E-state index contributed by atoms with van der Waals surface area (Å²) in [5, 5.41) is 9.45. The monoisotopic (exact) mass is 406 g/mol. The summed E-state index contributed by atoms with van der Waals surface area (Å²) in [5.74, 6) is -0.306. The predicted molar refractivity (Wildman–Crippen MR) is 111 cm³/mol. The van der Waals surface area contributed by atoms with E-state index in [9.17, 15) is 4.79 Å². The summed E-state index contributed by atoms with van der Waals surface area (Å²) in [7, 11) is 0. The van der Waals surface area contributed by atoms with Gasteiger partial charge in [0, 0.05) is 34.7 Å². The Kier molecular flexibility index (Phi) is 5.72. The van der Waals surface area contributed by atoms with Gasteiger partial charge in [-0.2, -0.15) is 10.2 Å². The molecule has 0 unspecified atom stereocenters. The Morgan fingerprint density at radius 3 is 2.55 bits per heavy atom. The van der Waals surface area contributed by atoms with E-state index in [-0.39, 0.29) is 19.0 Å². The van der Waals surface area contributed by atoms with Gasteiger partial charge < -0.3 is 4.74 Å². The third-order valence-electron chi connectivity index (χ3n) is 4.41. The van der Waals surface area contributed by atoms with Crippen molar-refractivity contribution in [3.8, 4) is 16.9 Å². The fraction of sp³-hybridized carbons (Fsp3) is 0.136. The van der Waals surface area contributed by atoms with Crippen LogP contribution in [0.3, 0.4) is 0 Å². The zero-order chi connectivity index (χ0) is 20.1. The summed E-state index contributed by atoms with van der Waals surface area (Å²) in [6.07, 6.45) is 5.52. The minimum Gasteiger partial charge on any atom is -0.463 e. The van der Waals surface area contributed by atoms with Crippen LogP contribution < -0.4 is 0 Å². The summed E-state index contributed by atoms with van der Waals surface area (Å²) < 4.78 is 8.88. The Morgan fingerprint density at radius 2 is 1.83 bits per heavy atom. The molecule has 2 aromatic carbocycles. The standard InChI is InChI=1S/C22H19ClN4O2/c23-19-9-7-17(8-10-19)22-18(16-27(25-22)20-5-2-1-3-6-20)15-21(28)29-14-13-26-12-4-11-24-26/h1-12,16H,13-15H2. The van der Waals surface area contributed by atoms with Crippen LogP contribution in [0, 0.1) is 0 Å². The molecule has 4 rings (SSSR count). The molecule has 0 aliphatic rings. The number of rotatable bonds is 7. The average molecular weight is 407 g/mol. The summed E-state index contributed by atoms with van der Waals surface area (Å²) in [4.78, 5) is 12.4. The van der Waals surface area contributed by atoms with Crippen molar-refractivity contribution in [3.63, 3.8) is 0 Å². The van der Waals surface area contributed by atoms with Crippen molar-refractivity contribution in [2.24, 2.45) is 0 Å². The number of carbonyl (C=O) groups excluding carboxylic acids is 1. The molecular formula is C22H19ClN4O2. The topological polar surface area (TPSA) is 61.9 Å². The molecule has 0 saturated carbocycles. The highest BCUT2D eigenvalue weighted by atomic mass is 35.5. The van der Waals surface area contributed by atoms with Crippen molar-refractivity contribution >= 4 is 17.6 Å². The first-order valence-electron chi connectivity index (χ1n) is 9.22. The second-order valence-electron chi connectivity index (χ2n) is 6.46. The quantitative estimate of drug-likeness (QED) is 0.432. The maximum Gasteiger partial charge on any atom is 0.310 e. The molecule has 0 amide bonds. The van der Waals surface area contributed by atoms with E-state index in [1.807, 2.05) is 73.1 Å². The van der Waals surface area contributed by atoms with E-state index in [1.165, 1.54) is 0 Å². The highest BCUT2D eigenvalue weighted by Gasteiger charge is 2.16. The van der Waals surface area contributed by atoms with E-state index < -0.39 is 0 Å². The Balaban J connectivity index is 1.54. The number of aromatic nitrogens is 4. The summed E-state index contributed by atoms with van der Waals surface area (Å²) in [6.45, 7) is 0.787. The minimum atomic E-state index is -0.306. The van der Waals surface area contributed by atoms with Gasteiger partial charge in [0.1, 0.15) is 6.61 Å². The summed E-state index contributed by atoms with van der Waals surface area (Å²) in [6, 6.07) is 19.0. The van der Waals surface area contributed by atoms with Crippen molar-refractivity contribution in [3.05, 3.63) is 89.8 Å². The number of nitrogens with zero attached hydrogens (tertiary/aromatic N) is 4. The van der Waals surface area contributed by atoms with E-state index in [0.717, 1.165) is 22.5 Å². The summed E-state index contributed by atoms with van der Waals surface area (Å²) >= 11 is 6.02. The van der Waals surface area contributed by atoms with Gasteiger partial charge in [-0.15, -0.1) is 0 Å². The van der Waals surface area contributed by atoms with Crippen LogP contribution in [0.1, 0.15) is 5.56 Å². The Hall–Kier alpha value is -3.38. The van der Waals surface area contributed by atoms with Crippen LogP contribution in [0.25, 0.3) is 16.9 Å². The average Bonchev–Trinajstić information content (AvgIpc) is 3.40. The van der Waals surface area contributed by atoms with Crippen molar-refractivity contribution in [2.45, 2.75) is 13.0 Å². The minimum absolute atomic E-state index is 0.129. The van der Waals surface area contributed by atoms with E-state index >= 15 is 0 Å². The van der Waals surface area contributed by atoms with Gasteiger partial charge in [0.15, 0.2) is 0 Å². The van der Waals surface area contributed by atoms with E-state index in [1.54, 1.807) is 15.6 Å². The lowest BCUT2D eigenvalue weighted by Crippen LogP contribution is -2.13. The molecule has 29 heavy (non-hydrogen) atoms. The van der Waals surface area contributed by atoms with Gasteiger partial charge in [-0.05, 0) is 30.3 Å². The lowest BCUT2D eigenvalue weighted by atomic mass is 10.1. The van der Waals surface area contributed by atoms with Crippen molar-refractivity contribution in [2.75, 3.05) is 6.61 Å². The predicted octanol–water partition coefficient (Wildman–Crippen LogP) is 4.18. The third kappa shape index (κ3) is 4.73. The van der Waals surface area contributed by atoms with E-state index in [2.05, 4.69) is 5.10 Å². The molecule has 2 aromatic heterocycles. The second-order valence-corrected chi connectivity index (χ2v) is 6.89. The largest absolute Gasteiger partial charge is 0.463 e. The van der Waals surface area contributed by atoms with Gasteiger partial charge >= 0.3 is 5.97 Å². The van der Waals surface area contributed by atoms with Gasteiger partial charge in [-0.3, -0.25) is 9.48 Å². The first kappa shape index (κ1) is 19.0. The Bertz CT molecular complexity index is 1070. The van der Waals surface area contributed by atoms with E-state index in [4.69, 9.17) is 21.4 Å². The molecule has 0 fully saturated rings. The van der Waals surface area contributed by atoms with Crippen LogP contribution >= 0.6 is 11.6 Å². The molecule has 0 aliphatic carbocycles. The first-order valence-corrected chi connectivity index (χ1v) is 9.60. The SMILES string of the molecule is O=C(Cc1cn(-c2ccccc2)nc1-c1ccc(Cl)cc1)OCCn1cccn1. The highest BCUT2D eigenvalue weighted by molar-refractivity contribution is 6.30. The number of halogens is 1. The third-order valence-corrected chi connectivity index (χ3v) is 4.66. The number of carbonyl (C=O) groups is 1. The molecule has 6 nitrogen and oxygen atoms in total. The van der Waals surface area contributed by atoms with Gasteiger partial charge in [0.2, 0.25) is 0 Å². The summed E-state index contributed by atoms with van der Waals surface area (Å²) in [5.41, 5.74) is 3.33. The Labute approximate surface area is 173 Å². The van der Waals surface area contributed by atoms with Crippen LogP contribution in [-0.2, 0) is 22.5 Å². The number of ether oxygens (including phenoxy) is 1. The lowest BCUT2D eigenvalue weighted by molar-refractivity contribution is -0.143. The number of hydrogen-bond donors (Lipinski definition) is 0. The van der Waals surface area contributed by atoms with Crippen molar-refractivity contribution in [1.29, 1.82) is 0 Å². The molecule has 0 atom stereocenters. The molecule has 0 spiro atoms. The zero-order valence-corrected chi connectivity index (χ0v) is 16.4.